The fourth-order valence-corrected chi connectivity index (χ4v) is 2.47. The molecule has 1 N–H and O–H groups in total. The Morgan fingerprint density at radius 3 is 2.59 bits per heavy atom. The number of hydrogen-bond acceptors (Lipinski definition) is 5. The largest absolute Gasteiger partial charge is 0.314 e. The Morgan fingerprint density at radius 2 is 2.05 bits per heavy atom. The van der Waals surface area contributed by atoms with Crippen LogP contribution in [0.5, 0.6) is 0 Å². The number of nitrogens with one attached hydrogen (secondary N) is 1. The maximum absolute atomic E-state index is 13.2. The minimum Gasteiger partial charge on any atom is -0.314 e. The van der Waals surface area contributed by atoms with Gasteiger partial charge in [0, 0.05) is 31.7 Å². The number of rotatable bonds is 4. The van der Waals surface area contributed by atoms with E-state index in [0.717, 1.165) is 19.2 Å². The van der Waals surface area contributed by atoms with Crippen LogP contribution in [0.2, 0.25) is 0 Å². The number of benzene rings is 1. The van der Waals surface area contributed by atoms with E-state index in [1.165, 1.54) is 12.1 Å². The second kappa shape index (κ2) is 9.54. The highest BCUT2D eigenvalue weighted by atomic mass is 35.5. The maximum Gasteiger partial charge on any atom is 0.277 e. The molecule has 122 valence electrons. The van der Waals surface area contributed by atoms with Crippen LogP contribution in [0.25, 0.3) is 0 Å². The monoisotopic (exact) mass is 350 g/mol. The zero-order chi connectivity index (χ0) is 14.5. The average Bonchev–Trinajstić information content (AvgIpc) is 2.46. The van der Waals surface area contributed by atoms with E-state index in [1.54, 1.807) is 0 Å². The Hall–Kier alpha value is -1.46. The molecule has 1 aliphatic rings. The predicted octanol–water partition coefficient (Wildman–Crippen LogP) is 2.44. The summed E-state index contributed by atoms with van der Waals surface area (Å²) in [4.78, 5) is 12.5. The Labute approximate surface area is 140 Å². The van der Waals surface area contributed by atoms with Gasteiger partial charge in [-0.3, -0.25) is 15.0 Å². The van der Waals surface area contributed by atoms with E-state index in [0.29, 0.717) is 18.7 Å². The highest BCUT2D eigenvalue weighted by Gasteiger charge is 2.28. The van der Waals surface area contributed by atoms with Gasteiger partial charge in [-0.25, -0.2) is 4.39 Å². The summed E-state index contributed by atoms with van der Waals surface area (Å²) in [7, 11) is 0. The number of nitro benzene ring substituents is 1. The van der Waals surface area contributed by atoms with E-state index < -0.39 is 10.7 Å². The molecule has 1 aliphatic heterocycles. The van der Waals surface area contributed by atoms with Gasteiger partial charge in [0.2, 0.25) is 0 Å². The number of nitro groups is 1. The summed E-state index contributed by atoms with van der Waals surface area (Å²) in [5.74, 6) is -0.642. The number of nitrogens with zero attached hydrogens (tertiary/aromatic N) is 3. The van der Waals surface area contributed by atoms with Gasteiger partial charge >= 0.3 is 0 Å². The molecule has 1 fully saturated rings. The fourth-order valence-electron chi connectivity index (χ4n) is 2.47. The number of nitriles is 1. The Bertz CT molecular complexity index is 547. The first-order chi connectivity index (χ1) is 9.63. The molecule has 1 saturated heterocycles. The minimum atomic E-state index is -0.642. The van der Waals surface area contributed by atoms with Gasteiger partial charge in [0.1, 0.15) is 5.82 Å². The molecule has 0 bridgehead atoms. The molecule has 0 aromatic heterocycles. The third kappa shape index (κ3) is 4.78. The van der Waals surface area contributed by atoms with E-state index in [9.17, 15) is 14.5 Å². The van der Waals surface area contributed by atoms with E-state index in [-0.39, 0.29) is 43.0 Å². The molecule has 1 heterocycles. The van der Waals surface area contributed by atoms with Crippen molar-refractivity contribution >= 4 is 30.5 Å². The average molecular weight is 351 g/mol. The van der Waals surface area contributed by atoms with Crippen LogP contribution in [0.3, 0.4) is 0 Å². The van der Waals surface area contributed by atoms with Crippen LogP contribution >= 0.6 is 24.8 Å². The van der Waals surface area contributed by atoms with Gasteiger partial charge < -0.3 is 5.32 Å². The molecule has 22 heavy (non-hydrogen) atoms. The van der Waals surface area contributed by atoms with Crippen molar-refractivity contribution in [1.29, 1.82) is 5.26 Å². The zero-order valence-corrected chi connectivity index (χ0v) is 13.3. The lowest BCUT2D eigenvalue weighted by molar-refractivity contribution is -0.386. The van der Waals surface area contributed by atoms with Gasteiger partial charge in [-0.05, 0) is 12.1 Å². The molecule has 0 saturated carbocycles. The topological polar surface area (TPSA) is 82.2 Å². The summed E-state index contributed by atoms with van der Waals surface area (Å²) < 4.78 is 13.2. The van der Waals surface area contributed by atoms with Crippen LogP contribution in [-0.4, -0.2) is 36.0 Å². The first kappa shape index (κ1) is 20.5. The van der Waals surface area contributed by atoms with Crippen molar-refractivity contribution in [3.05, 3.63) is 39.7 Å². The van der Waals surface area contributed by atoms with E-state index in [2.05, 4.69) is 11.4 Å². The molecule has 0 aliphatic carbocycles. The van der Waals surface area contributed by atoms with Gasteiger partial charge in [0.25, 0.3) is 5.69 Å². The lowest BCUT2D eigenvalue weighted by Gasteiger charge is -2.33. The van der Waals surface area contributed by atoms with Crippen LogP contribution in [0.15, 0.2) is 18.2 Å². The van der Waals surface area contributed by atoms with Gasteiger partial charge in [-0.2, -0.15) is 5.26 Å². The lowest BCUT2D eigenvalue weighted by Crippen LogP contribution is -2.45. The molecular formula is C13H17Cl2FN4O2. The molecular weight excluding hydrogens is 334 g/mol. The van der Waals surface area contributed by atoms with Crippen molar-refractivity contribution in [3.8, 4) is 6.07 Å². The van der Waals surface area contributed by atoms with Crippen LogP contribution in [0.1, 0.15) is 18.0 Å². The normalized spacial score (nSPS) is 15.8. The maximum atomic E-state index is 13.2. The summed E-state index contributed by atoms with van der Waals surface area (Å²) in [6, 6.07) is 5.23. The molecule has 0 unspecified atom stereocenters. The summed E-state index contributed by atoms with van der Waals surface area (Å²) >= 11 is 0. The van der Waals surface area contributed by atoms with Crippen LogP contribution in [0.4, 0.5) is 10.1 Å². The molecule has 2 rings (SSSR count). The molecule has 1 aromatic rings. The molecule has 9 heteroatoms. The standard InChI is InChI=1S/C13H15FN4O2.2ClH/c14-10-1-2-11(13(9-10)18(19)20)12(3-4-15)17-7-5-16-6-8-17;;/h1-2,9,12,16H,3,5-8H2;2*1H/t12-;;/m0../s1. The van der Waals surface area contributed by atoms with Crippen molar-refractivity contribution in [2.45, 2.75) is 12.5 Å². The Balaban J connectivity index is 0.00000220. The molecule has 0 radical (unpaired) electrons. The predicted molar refractivity (Wildman–Crippen MR) is 85.0 cm³/mol. The molecule has 0 spiro atoms. The summed E-state index contributed by atoms with van der Waals surface area (Å²) in [6.07, 6.45) is 0.145. The Kier molecular flexibility index (Phi) is 8.90. The first-order valence-electron chi connectivity index (χ1n) is 6.39. The van der Waals surface area contributed by atoms with Crippen molar-refractivity contribution in [3.63, 3.8) is 0 Å². The van der Waals surface area contributed by atoms with E-state index in [4.69, 9.17) is 5.26 Å². The van der Waals surface area contributed by atoms with E-state index in [1.807, 2.05) is 4.90 Å². The zero-order valence-electron chi connectivity index (χ0n) is 11.7. The molecule has 6 nitrogen and oxygen atoms in total. The first-order valence-corrected chi connectivity index (χ1v) is 6.39. The lowest BCUT2D eigenvalue weighted by atomic mass is 9.99. The van der Waals surface area contributed by atoms with Crippen molar-refractivity contribution in [2.75, 3.05) is 26.2 Å². The summed E-state index contributed by atoms with van der Waals surface area (Å²) in [5, 5.41) is 23.3. The minimum absolute atomic E-state index is 0. The number of halogens is 3. The van der Waals surface area contributed by atoms with Gasteiger partial charge in [0.05, 0.1) is 29.5 Å². The van der Waals surface area contributed by atoms with Crippen molar-refractivity contribution in [2.24, 2.45) is 0 Å². The fraction of sp³-hybridized carbons (Fsp3) is 0.462. The van der Waals surface area contributed by atoms with Gasteiger partial charge in [-0.1, -0.05) is 0 Å². The summed E-state index contributed by atoms with van der Waals surface area (Å²) in [5.41, 5.74) is 0.142. The van der Waals surface area contributed by atoms with Crippen molar-refractivity contribution in [1.82, 2.24) is 10.2 Å². The highest BCUT2D eigenvalue weighted by Crippen LogP contribution is 2.32. The van der Waals surface area contributed by atoms with Gasteiger partial charge in [0.15, 0.2) is 0 Å². The van der Waals surface area contributed by atoms with Crippen molar-refractivity contribution < 1.29 is 9.31 Å². The second-order valence-electron chi connectivity index (χ2n) is 4.62. The van der Waals surface area contributed by atoms with Crippen LogP contribution < -0.4 is 5.32 Å². The van der Waals surface area contributed by atoms with Crippen LogP contribution in [-0.2, 0) is 0 Å². The molecule has 1 aromatic carbocycles. The third-order valence-corrected chi connectivity index (χ3v) is 3.43. The molecule has 0 amide bonds. The number of piperazine rings is 1. The second-order valence-corrected chi connectivity index (χ2v) is 4.62. The van der Waals surface area contributed by atoms with Crippen LogP contribution in [0, 0.1) is 27.3 Å². The SMILES string of the molecule is Cl.Cl.N#CC[C@@H](c1ccc(F)cc1[N+](=O)[O-])N1CCNCC1. The highest BCUT2D eigenvalue weighted by molar-refractivity contribution is 5.85. The number of hydrogen-bond donors (Lipinski definition) is 1. The van der Waals surface area contributed by atoms with E-state index >= 15 is 0 Å². The quantitative estimate of drug-likeness (QED) is 0.666. The third-order valence-electron chi connectivity index (χ3n) is 3.43. The smallest absolute Gasteiger partial charge is 0.277 e. The molecule has 1 atom stereocenters. The summed E-state index contributed by atoms with van der Waals surface area (Å²) in [6.45, 7) is 2.97. The van der Waals surface area contributed by atoms with Gasteiger partial charge in [-0.15, -0.1) is 24.8 Å². The Morgan fingerprint density at radius 1 is 1.41 bits per heavy atom.